The number of hydrogen-bond acceptors (Lipinski definition) is 4. The van der Waals surface area contributed by atoms with Crippen LogP contribution >= 0.6 is 0 Å². The van der Waals surface area contributed by atoms with Crippen LogP contribution in [0.5, 0.6) is 0 Å². The van der Waals surface area contributed by atoms with Crippen molar-refractivity contribution in [2.75, 3.05) is 0 Å². The monoisotopic (exact) mass is 373 g/mol. The number of aromatic nitrogens is 4. The topological polar surface area (TPSA) is 92.7 Å². The number of carbonyl (C=O) groups excluding carboxylic acids is 1. The van der Waals surface area contributed by atoms with Gasteiger partial charge in [-0.2, -0.15) is 5.10 Å². The van der Waals surface area contributed by atoms with Crippen LogP contribution in [0.1, 0.15) is 18.8 Å². The Kier molecular flexibility index (Phi) is 4.72. The summed E-state index contributed by atoms with van der Waals surface area (Å²) in [5, 5.41) is 7.18. The zero-order chi connectivity index (χ0) is 19.5. The Morgan fingerprint density at radius 3 is 2.61 bits per heavy atom. The number of fused-ring (bicyclic) bond motifs is 1. The molecule has 1 atom stereocenters. The maximum absolute atomic E-state index is 12.5. The Bertz CT molecular complexity index is 1150. The molecule has 4 rings (SSSR count). The highest BCUT2D eigenvalue weighted by atomic mass is 16.2. The smallest absolute Gasteiger partial charge is 0.267 e. The van der Waals surface area contributed by atoms with Gasteiger partial charge in [0.05, 0.1) is 22.8 Å². The molecule has 1 amide bonds. The van der Waals surface area contributed by atoms with Crippen molar-refractivity contribution in [2.24, 2.45) is 0 Å². The Labute approximate surface area is 161 Å². The molecule has 2 N–H and O–H groups in total. The molecular weight excluding hydrogens is 354 g/mol. The van der Waals surface area contributed by atoms with Gasteiger partial charge < -0.3 is 10.3 Å². The van der Waals surface area contributed by atoms with Crippen LogP contribution in [0.2, 0.25) is 0 Å². The number of benzene rings is 2. The van der Waals surface area contributed by atoms with Crippen LogP contribution in [0.3, 0.4) is 0 Å². The van der Waals surface area contributed by atoms with Gasteiger partial charge in [0.1, 0.15) is 12.4 Å². The summed E-state index contributed by atoms with van der Waals surface area (Å²) in [6, 6.07) is 19.9. The van der Waals surface area contributed by atoms with Crippen LogP contribution in [0.4, 0.5) is 0 Å². The predicted molar refractivity (Wildman–Crippen MR) is 107 cm³/mol. The summed E-state index contributed by atoms with van der Waals surface area (Å²) < 4.78 is 1.17. The van der Waals surface area contributed by atoms with Crippen molar-refractivity contribution in [3.05, 3.63) is 82.9 Å². The lowest BCUT2D eigenvalue weighted by Gasteiger charge is -2.12. The molecule has 2 aromatic heterocycles. The molecule has 0 spiro atoms. The molecule has 0 aliphatic carbocycles. The molecule has 1 unspecified atom stereocenters. The summed E-state index contributed by atoms with van der Waals surface area (Å²) >= 11 is 0. The lowest BCUT2D eigenvalue weighted by Crippen LogP contribution is -2.35. The molecule has 4 aromatic rings. The third kappa shape index (κ3) is 3.68. The van der Waals surface area contributed by atoms with Crippen molar-refractivity contribution in [1.29, 1.82) is 0 Å². The van der Waals surface area contributed by atoms with Crippen molar-refractivity contribution in [3.63, 3.8) is 0 Å². The number of amides is 1. The Balaban J connectivity index is 1.49. The quantitative estimate of drug-likeness (QED) is 0.562. The molecule has 2 heterocycles. The van der Waals surface area contributed by atoms with Crippen LogP contribution in [0, 0.1) is 0 Å². The van der Waals surface area contributed by atoms with Crippen LogP contribution in [-0.2, 0) is 11.3 Å². The second-order valence-electron chi connectivity index (χ2n) is 6.51. The fourth-order valence-electron chi connectivity index (χ4n) is 2.99. The van der Waals surface area contributed by atoms with Crippen LogP contribution in [0.25, 0.3) is 22.3 Å². The van der Waals surface area contributed by atoms with Gasteiger partial charge in [0, 0.05) is 11.6 Å². The zero-order valence-electron chi connectivity index (χ0n) is 15.3. The van der Waals surface area contributed by atoms with E-state index in [0.717, 1.165) is 16.6 Å². The van der Waals surface area contributed by atoms with Crippen molar-refractivity contribution in [2.45, 2.75) is 19.5 Å². The van der Waals surface area contributed by atoms with E-state index in [9.17, 15) is 9.59 Å². The number of imidazole rings is 1. The first-order chi connectivity index (χ1) is 13.6. The number of nitrogens with zero attached hydrogens (tertiary/aromatic N) is 3. The van der Waals surface area contributed by atoms with E-state index in [1.807, 2.05) is 61.5 Å². The van der Waals surface area contributed by atoms with Gasteiger partial charge >= 0.3 is 0 Å². The maximum atomic E-state index is 12.5. The number of nitrogens with one attached hydrogen (secondary N) is 2. The van der Waals surface area contributed by atoms with Gasteiger partial charge in [0.2, 0.25) is 5.91 Å². The average molecular weight is 373 g/mol. The molecule has 0 fully saturated rings. The van der Waals surface area contributed by atoms with Gasteiger partial charge in [0.25, 0.3) is 5.56 Å². The zero-order valence-corrected chi connectivity index (χ0v) is 15.3. The van der Waals surface area contributed by atoms with E-state index in [4.69, 9.17) is 0 Å². The molecule has 0 saturated carbocycles. The van der Waals surface area contributed by atoms with Crippen LogP contribution < -0.4 is 10.9 Å². The number of rotatable bonds is 5. The first-order valence-corrected chi connectivity index (χ1v) is 8.98. The van der Waals surface area contributed by atoms with E-state index in [0.29, 0.717) is 11.5 Å². The van der Waals surface area contributed by atoms with E-state index in [1.54, 1.807) is 6.07 Å². The summed E-state index contributed by atoms with van der Waals surface area (Å²) in [5.74, 6) is 0.348. The predicted octanol–water partition coefficient (Wildman–Crippen LogP) is 2.66. The van der Waals surface area contributed by atoms with E-state index >= 15 is 0 Å². The molecule has 0 bridgehead atoms. The number of hydrogen-bond donors (Lipinski definition) is 2. The van der Waals surface area contributed by atoms with E-state index in [2.05, 4.69) is 20.4 Å². The number of carbonyl (C=O) groups is 1. The summed E-state index contributed by atoms with van der Waals surface area (Å²) in [6.07, 6.45) is 0. The van der Waals surface area contributed by atoms with Gasteiger partial charge in [-0.1, -0.05) is 42.5 Å². The second kappa shape index (κ2) is 7.48. The van der Waals surface area contributed by atoms with E-state index in [1.165, 1.54) is 10.7 Å². The van der Waals surface area contributed by atoms with Crippen LogP contribution in [-0.4, -0.2) is 25.7 Å². The van der Waals surface area contributed by atoms with Crippen molar-refractivity contribution < 1.29 is 4.79 Å². The standard InChI is InChI=1S/C21H19N5O2/c1-14(21-23-17-9-5-6-10-18(17)24-21)22-19(27)13-26-20(28)12-11-16(25-26)15-7-3-2-4-8-15/h2-12,14H,13H2,1H3,(H,22,27)(H,23,24). The van der Waals surface area contributed by atoms with Gasteiger partial charge in [-0.05, 0) is 25.1 Å². The van der Waals surface area contributed by atoms with Crippen molar-refractivity contribution in [1.82, 2.24) is 25.1 Å². The molecule has 7 heteroatoms. The van der Waals surface area contributed by atoms with E-state index < -0.39 is 0 Å². The fourth-order valence-corrected chi connectivity index (χ4v) is 2.99. The van der Waals surface area contributed by atoms with Gasteiger partial charge in [-0.15, -0.1) is 0 Å². The minimum Gasteiger partial charge on any atom is -0.345 e. The highest BCUT2D eigenvalue weighted by Gasteiger charge is 2.15. The molecular formula is C21H19N5O2. The largest absolute Gasteiger partial charge is 0.345 e. The molecule has 28 heavy (non-hydrogen) atoms. The summed E-state index contributed by atoms with van der Waals surface area (Å²) in [4.78, 5) is 32.3. The Morgan fingerprint density at radius 2 is 1.82 bits per heavy atom. The minimum absolute atomic E-state index is 0.163. The van der Waals surface area contributed by atoms with Gasteiger partial charge in [-0.3, -0.25) is 9.59 Å². The third-order valence-electron chi connectivity index (χ3n) is 4.42. The Morgan fingerprint density at radius 1 is 1.07 bits per heavy atom. The third-order valence-corrected chi connectivity index (χ3v) is 4.42. The average Bonchev–Trinajstić information content (AvgIpc) is 3.15. The van der Waals surface area contributed by atoms with Crippen LogP contribution in [0.15, 0.2) is 71.5 Å². The first kappa shape index (κ1) is 17.7. The highest BCUT2D eigenvalue weighted by Crippen LogP contribution is 2.16. The molecule has 0 saturated heterocycles. The van der Waals surface area contributed by atoms with Crippen molar-refractivity contribution >= 4 is 16.9 Å². The van der Waals surface area contributed by atoms with Gasteiger partial charge in [-0.25, -0.2) is 9.67 Å². The normalized spacial score (nSPS) is 12.0. The molecule has 7 nitrogen and oxygen atoms in total. The molecule has 0 aliphatic heterocycles. The molecule has 0 aliphatic rings. The molecule has 140 valence electrons. The van der Waals surface area contributed by atoms with Crippen molar-refractivity contribution in [3.8, 4) is 11.3 Å². The molecule has 2 aromatic carbocycles. The second-order valence-corrected chi connectivity index (χ2v) is 6.51. The van der Waals surface area contributed by atoms with Gasteiger partial charge in [0.15, 0.2) is 0 Å². The highest BCUT2D eigenvalue weighted by molar-refractivity contribution is 5.77. The Hall–Kier alpha value is -3.74. The fraction of sp³-hybridized carbons (Fsp3) is 0.143. The SMILES string of the molecule is CC(NC(=O)Cn1nc(-c2ccccc2)ccc1=O)c1nc2ccccc2[nH]1. The first-order valence-electron chi connectivity index (χ1n) is 8.98. The number of para-hydroxylation sites is 2. The van der Waals surface area contributed by atoms with E-state index in [-0.39, 0.29) is 24.1 Å². The lowest BCUT2D eigenvalue weighted by atomic mass is 10.1. The lowest BCUT2D eigenvalue weighted by molar-refractivity contribution is -0.122. The minimum atomic E-state index is -0.328. The number of H-pyrrole nitrogens is 1. The summed E-state index contributed by atoms with van der Waals surface area (Å²) in [5.41, 5.74) is 2.94. The summed E-state index contributed by atoms with van der Waals surface area (Å²) in [7, 11) is 0. The number of aromatic amines is 1. The maximum Gasteiger partial charge on any atom is 0.267 e. The molecule has 0 radical (unpaired) electrons. The summed E-state index contributed by atoms with van der Waals surface area (Å²) in [6.45, 7) is 1.68.